The summed E-state index contributed by atoms with van der Waals surface area (Å²) in [5.74, 6) is 0.711. The molecule has 2 aliphatic rings. The highest BCUT2D eigenvalue weighted by atomic mass is 28.4. The summed E-state index contributed by atoms with van der Waals surface area (Å²) in [6.45, 7) is 12.1. The van der Waals surface area contributed by atoms with E-state index in [1.54, 1.807) is 7.11 Å². The molecule has 1 aliphatic carbocycles. The van der Waals surface area contributed by atoms with Crippen molar-refractivity contribution in [3.63, 3.8) is 0 Å². The van der Waals surface area contributed by atoms with Crippen LogP contribution < -0.4 is 0 Å². The Bertz CT molecular complexity index is 356. The molecule has 1 saturated carbocycles. The standard InChI is InChI=1S/C16H33NO3Si/c1-16(2,3)21(5,6)20-11-13-10-12-8-7-9-14(12)17(13)15(18)19-4/h12-15,18H,7-11H2,1-6H3/t12-,13-,14-,15?/m1/s1. The van der Waals surface area contributed by atoms with Crippen molar-refractivity contribution in [1.82, 2.24) is 4.90 Å². The van der Waals surface area contributed by atoms with Crippen LogP contribution in [-0.4, -0.2) is 50.5 Å². The molecule has 21 heavy (non-hydrogen) atoms. The smallest absolute Gasteiger partial charge is 0.216 e. The van der Waals surface area contributed by atoms with E-state index in [4.69, 9.17) is 9.16 Å². The second-order valence-corrected chi connectivity index (χ2v) is 13.0. The van der Waals surface area contributed by atoms with Crippen LogP contribution in [0.25, 0.3) is 0 Å². The summed E-state index contributed by atoms with van der Waals surface area (Å²) in [6.07, 6.45) is 4.10. The fourth-order valence-corrected chi connectivity index (χ4v) is 4.61. The Kier molecular flexibility index (Phi) is 5.21. The average molecular weight is 316 g/mol. The van der Waals surface area contributed by atoms with Crippen LogP contribution in [0.5, 0.6) is 0 Å². The Balaban J connectivity index is 2.02. The molecule has 0 aromatic heterocycles. The Hall–Kier alpha value is 0.0569. The summed E-state index contributed by atoms with van der Waals surface area (Å²) < 4.78 is 11.6. The van der Waals surface area contributed by atoms with Crippen molar-refractivity contribution < 1.29 is 14.3 Å². The third-order valence-corrected chi connectivity index (χ3v) is 10.4. The average Bonchev–Trinajstić information content (AvgIpc) is 2.93. The van der Waals surface area contributed by atoms with Crippen LogP contribution >= 0.6 is 0 Å². The number of rotatable bonds is 5. The van der Waals surface area contributed by atoms with Crippen LogP contribution in [0.15, 0.2) is 0 Å². The fourth-order valence-electron chi connectivity index (χ4n) is 3.57. The normalized spacial score (nSPS) is 32.4. The molecule has 1 aliphatic heterocycles. The van der Waals surface area contributed by atoms with Gasteiger partial charge in [-0.25, -0.2) is 4.90 Å². The van der Waals surface area contributed by atoms with Gasteiger partial charge < -0.3 is 14.3 Å². The van der Waals surface area contributed by atoms with Gasteiger partial charge in [0.25, 0.3) is 0 Å². The predicted molar refractivity (Wildman–Crippen MR) is 87.5 cm³/mol. The zero-order valence-corrected chi connectivity index (χ0v) is 15.6. The van der Waals surface area contributed by atoms with Crippen molar-refractivity contribution >= 4 is 8.32 Å². The highest BCUT2D eigenvalue weighted by molar-refractivity contribution is 6.74. The van der Waals surface area contributed by atoms with Crippen LogP contribution in [0.2, 0.25) is 18.1 Å². The SMILES string of the molecule is COC(O)N1[C@@H](CO[Si](C)(C)C(C)(C)C)C[C@H]2CCC[C@H]21. The first-order chi connectivity index (χ1) is 9.67. The van der Waals surface area contributed by atoms with Crippen LogP contribution in [-0.2, 0) is 9.16 Å². The van der Waals surface area contributed by atoms with E-state index in [2.05, 4.69) is 38.8 Å². The van der Waals surface area contributed by atoms with Gasteiger partial charge in [0.05, 0.1) is 0 Å². The van der Waals surface area contributed by atoms with Gasteiger partial charge in [-0.3, -0.25) is 0 Å². The number of likely N-dealkylation sites (tertiary alicyclic amines) is 1. The van der Waals surface area contributed by atoms with Crippen molar-refractivity contribution in [2.24, 2.45) is 5.92 Å². The van der Waals surface area contributed by atoms with Gasteiger partial charge in [0, 0.05) is 25.8 Å². The maximum Gasteiger partial charge on any atom is 0.216 e. The van der Waals surface area contributed by atoms with Crippen molar-refractivity contribution in [3.8, 4) is 0 Å². The zero-order valence-electron chi connectivity index (χ0n) is 14.6. The quantitative estimate of drug-likeness (QED) is 0.625. The minimum Gasteiger partial charge on any atom is -0.415 e. The first-order valence-electron chi connectivity index (χ1n) is 8.29. The van der Waals surface area contributed by atoms with Crippen molar-refractivity contribution in [3.05, 3.63) is 0 Å². The minimum atomic E-state index is -1.73. The Morgan fingerprint density at radius 1 is 1.29 bits per heavy atom. The van der Waals surface area contributed by atoms with E-state index in [0.717, 1.165) is 13.0 Å². The molecule has 0 spiro atoms. The molecule has 4 nitrogen and oxygen atoms in total. The molecule has 0 aromatic rings. The summed E-state index contributed by atoms with van der Waals surface area (Å²) in [7, 11) is -0.150. The number of ether oxygens (including phenoxy) is 1. The lowest BCUT2D eigenvalue weighted by atomic mass is 10.0. The number of nitrogens with zero attached hydrogens (tertiary/aromatic N) is 1. The Labute approximate surface area is 130 Å². The van der Waals surface area contributed by atoms with E-state index >= 15 is 0 Å². The molecule has 1 unspecified atom stereocenters. The van der Waals surface area contributed by atoms with Crippen molar-refractivity contribution in [2.75, 3.05) is 13.7 Å². The van der Waals surface area contributed by atoms with E-state index in [9.17, 15) is 5.11 Å². The molecular formula is C16H33NO3Si. The largest absolute Gasteiger partial charge is 0.415 e. The summed E-state index contributed by atoms with van der Waals surface area (Å²) in [5, 5.41) is 10.5. The van der Waals surface area contributed by atoms with Gasteiger partial charge >= 0.3 is 0 Å². The maximum absolute atomic E-state index is 10.2. The number of methoxy groups -OCH3 is 1. The number of hydrogen-bond acceptors (Lipinski definition) is 4. The van der Waals surface area contributed by atoms with Gasteiger partial charge in [0.2, 0.25) is 6.41 Å². The summed E-state index contributed by atoms with van der Waals surface area (Å²) in [6, 6.07) is 0.775. The number of aliphatic hydroxyl groups is 1. The molecule has 1 N–H and O–H groups in total. The van der Waals surface area contributed by atoms with Crippen molar-refractivity contribution in [1.29, 1.82) is 0 Å². The second-order valence-electron chi connectivity index (χ2n) is 8.23. The molecule has 0 radical (unpaired) electrons. The van der Waals surface area contributed by atoms with Gasteiger partial charge in [-0.1, -0.05) is 27.2 Å². The van der Waals surface area contributed by atoms with Gasteiger partial charge in [-0.15, -0.1) is 0 Å². The highest BCUT2D eigenvalue weighted by Gasteiger charge is 2.47. The molecule has 4 atom stereocenters. The molecule has 2 rings (SSSR count). The highest BCUT2D eigenvalue weighted by Crippen LogP contribution is 2.43. The molecule has 5 heteroatoms. The van der Waals surface area contributed by atoms with Crippen LogP contribution in [0.4, 0.5) is 0 Å². The van der Waals surface area contributed by atoms with Crippen LogP contribution in [0.3, 0.4) is 0 Å². The van der Waals surface area contributed by atoms with Crippen LogP contribution in [0, 0.1) is 5.92 Å². The third-order valence-electron chi connectivity index (χ3n) is 5.91. The zero-order chi connectivity index (χ0) is 15.8. The second kappa shape index (κ2) is 6.28. The Morgan fingerprint density at radius 3 is 2.52 bits per heavy atom. The number of fused-ring (bicyclic) bond motifs is 1. The molecule has 124 valence electrons. The van der Waals surface area contributed by atoms with Gasteiger partial charge in [-0.05, 0) is 43.3 Å². The van der Waals surface area contributed by atoms with E-state index in [0.29, 0.717) is 18.0 Å². The lowest BCUT2D eigenvalue weighted by Gasteiger charge is -2.39. The molecule has 0 bridgehead atoms. The molecule has 1 heterocycles. The molecule has 0 amide bonds. The fraction of sp³-hybridized carbons (Fsp3) is 1.00. The van der Waals surface area contributed by atoms with E-state index in [1.807, 2.05) is 0 Å². The first kappa shape index (κ1) is 17.4. The van der Waals surface area contributed by atoms with E-state index in [1.165, 1.54) is 19.3 Å². The number of aliphatic hydroxyl groups excluding tert-OH is 1. The summed E-state index contributed by atoms with van der Waals surface area (Å²) in [5.41, 5.74) is 0. The number of hydrogen-bond donors (Lipinski definition) is 1. The van der Waals surface area contributed by atoms with Gasteiger partial charge in [-0.2, -0.15) is 0 Å². The van der Waals surface area contributed by atoms with E-state index in [-0.39, 0.29) is 5.04 Å². The van der Waals surface area contributed by atoms with Gasteiger partial charge in [0.1, 0.15) is 0 Å². The minimum absolute atomic E-state index is 0.228. The lowest BCUT2D eigenvalue weighted by molar-refractivity contribution is -0.197. The lowest BCUT2D eigenvalue weighted by Crippen LogP contribution is -2.49. The summed E-state index contributed by atoms with van der Waals surface area (Å²) in [4.78, 5) is 2.17. The van der Waals surface area contributed by atoms with Gasteiger partial charge in [0.15, 0.2) is 8.32 Å². The molecule has 0 aromatic carbocycles. The monoisotopic (exact) mass is 315 g/mol. The van der Waals surface area contributed by atoms with Crippen molar-refractivity contribution in [2.45, 2.75) is 83.1 Å². The molecule has 1 saturated heterocycles. The molecular weight excluding hydrogens is 282 g/mol. The molecule has 2 fully saturated rings. The Morgan fingerprint density at radius 2 is 1.95 bits per heavy atom. The third kappa shape index (κ3) is 3.53. The first-order valence-corrected chi connectivity index (χ1v) is 11.2. The van der Waals surface area contributed by atoms with Crippen LogP contribution in [0.1, 0.15) is 46.5 Å². The maximum atomic E-state index is 10.2. The topological polar surface area (TPSA) is 41.9 Å². The predicted octanol–water partition coefficient (Wildman–Crippen LogP) is 3.17. The van der Waals surface area contributed by atoms with E-state index < -0.39 is 14.7 Å². The summed E-state index contributed by atoms with van der Waals surface area (Å²) >= 11 is 0.